The topological polar surface area (TPSA) is 60.5 Å². The molecule has 1 aromatic carbocycles. The van der Waals surface area contributed by atoms with Gasteiger partial charge in [0.2, 0.25) is 5.91 Å². The lowest BCUT2D eigenvalue weighted by molar-refractivity contribution is -0.119. The highest BCUT2D eigenvalue weighted by molar-refractivity contribution is 8.00. The molecule has 0 aliphatic carbocycles. The summed E-state index contributed by atoms with van der Waals surface area (Å²) in [5.41, 5.74) is 1.85. The molecule has 1 aromatic heterocycles. The Hall–Kier alpha value is -1.79. The van der Waals surface area contributed by atoms with Gasteiger partial charge in [0.05, 0.1) is 24.5 Å². The molecular formula is C18H22N2O3S. The fourth-order valence-electron chi connectivity index (χ4n) is 2.77. The Bertz CT molecular complexity index is 730. The first-order chi connectivity index (χ1) is 11.7. The van der Waals surface area contributed by atoms with Gasteiger partial charge >= 0.3 is 0 Å². The van der Waals surface area contributed by atoms with E-state index in [-0.39, 0.29) is 12.0 Å². The smallest absolute Gasteiger partial charge is 0.230 e. The van der Waals surface area contributed by atoms with Gasteiger partial charge in [-0.05, 0) is 44.0 Å². The Kier molecular flexibility index (Phi) is 5.58. The minimum atomic E-state index is 0.0287. The van der Waals surface area contributed by atoms with Crippen molar-refractivity contribution in [1.82, 2.24) is 10.3 Å². The Balaban J connectivity index is 1.66. The third kappa shape index (κ3) is 4.19. The van der Waals surface area contributed by atoms with Gasteiger partial charge in [-0.15, -0.1) is 11.8 Å². The first-order valence-corrected chi connectivity index (χ1v) is 9.11. The molecule has 1 N–H and O–H groups in total. The van der Waals surface area contributed by atoms with Crippen molar-refractivity contribution in [2.24, 2.45) is 0 Å². The molecule has 1 amide bonds. The van der Waals surface area contributed by atoms with Crippen molar-refractivity contribution in [3.05, 3.63) is 30.0 Å². The van der Waals surface area contributed by atoms with Crippen LogP contribution in [0.5, 0.6) is 5.75 Å². The second kappa shape index (κ2) is 7.85. The average molecular weight is 346 g/mol. The van der Waals surface area contributed by atoms with E-state index in [0.29, 0.717) is 12.3 Å². The number of hydrogen-bond donors (Lipinski definition) is 1. The number of nitrogens with one attached hydrogen (secondary N) is 1. The maximum atomic E-state index is 12.1. The zero-order valence-electron chi connectivity index (χ0n) is 14.0. The van der Waals surface area contributed by atoms with Crippen molar-refractivity contribution in [2.75, 3.05) is 26.0 Å². The fraction of sp³-hybridized carbons (Fsp3) is 0.444. The zero-order valence-corrected chi connectivity index (χ0v) is 14.8. The largest absolute Gasteiger partial charge is 0.497 e. The van der Waals surface area contributed by atoms with E-state index < -0.39 is 0 Å². The van der Waals surface area contributed by atoms with Crippen molar-refractivity contribution in [2.45, 2.75) is 30.8 Å². The number of pyridine rings is 1. The quantitative estimate of drug-likeness (QED) is 0.815. The molecule has 1 aliphatic heterocycles. The summed E-state index contributed by atoms with van der Waals surface area (Å²) in [7, 11) is 1.65. The van der Waals surface area contributed by atoms with Gasteiger partial charge in [-0.3, -0.25) is 9.78 Å². The summed E-state index contributed by atoms with van der Waals surface area (Å²) in [6.45, 7) is 3.37. The maximum absolute atomic E-state index is 12.1. The summed E-state index contributed by atoms with van der Waals surface area (Å²) in [6.07, 6.45) is 2.29. The molecule has 0 radical (unpaired) electrons. The highest BCUT2D eigenvalue weighted by atomic mass is 32.2. The number of methoxy groups -OCH3 is 1. The molecule has 128 valence electrons. The van der Waals surface area contributed by atoms with Crippen LogP contribution < -0.4 is 10.1 Å². The number of thioether (sulfide) groups is 1. The molecule has 0 bridgehead atoms. The molecule has 0 saturated carbocycles. The van der Waals surface area contributed by atoms with Crippen LogP contribution in [0.3, 0.4) is 0 Å². The first kappa shape index (κ1) is 17.0. The summed E-state index contributed by atoms with van der Waals surface area (Å²) < 4.78 is 10.8. The summed E-state index contributed by atoms with van der Waals surface area (Å²) in [4.78, 5) is 17.7. The lowest BCUT2D eigenvalue weighted by Crippen LogP contribution is -2.32. The van der Waals surface area contributed by atoms with Crippen molar-refractivity contribution < 1.29 is 14.3 Å². The normalized spacial score (nSPS) is 17.2. The van der Waals surface area contributed by atoms with E-state index in [4.69, 9.17) is 9.47 Å². The number of aryl methyl sites for hydroxylation is 1. The van der Waals surface area contributed by atoms with Gasteiger partial charge in [0.15, 0.2) is 0 Å². The number of aromatic nitrogens is 1. The number of amides is 1. The average Bonchev–Trinajstić information content (AvgIpc) is 3.11. The number of rotatable bonds is 6. The summed E-state index contributed by atoms with van der Waals surface area (Å²) in [5.74, 6) is 1.20. The van der Waals surface area contributed by atoms with Gasteiger partial charge in [0.1, 0.15) is 5.75 Å². The summed E-state index contributed by atoms with van der Waals surface area (Å²) in [6, 6.07) is 7.83. The molecular weight excluding hydrogens is 324 g/mol. The lowest BCUT2D eigenvalue weighted by atomic mass is 10.2. The summed E-state index contributed by atoms with van der Waals surface area (Å²) in [5, 5.41) is 3.97. The van der Waals surface area contributed by atoms with Crippen molar-refractivity contribution in [3.63, 3.8) is 0 Å². The fourth-order valence-corrected chi connectivity index (χ4v) is 3.74. The van der Waals surface area contributed by atoms with E-state index in [1.165, 1.54) is 11.8 Å². The van der Waals surface area contributed by atoms with Crippen LogP contribution in [0.4, 0.5) is 0 Å². The van der Waals surface area contributed by atoms with Crippen LogP contribution >= 0.6 is 11.8 Å². The van der Waals surface area contributed by atoms with E-state index in [9.17, 15) is 4.79 Å². The minimum Gasteiger partial charge on any atom is -0.497 e. The van der Waals surface area contributed by atoms with Crippen molar-refractivity contribution in [1.29, 1.82) is 0 Å². The molecule has 6 heteroatoms. The Morgan fingerprint density at radius 3 is 3.08 bits per heavy atom. The number of fused-ring (bicyclic) bond motifs is 1. The number of ether oxygens (including phenoxy) is 2. The van der Waals surface area contributed by atoms with Crippen LogP contribution in [0.2, 0.25) is 0 Å². The monoisotopic (exact) mass is 346 g/mol. The summed E-state index contributed by atoms with van der Waals surface area (Å²) >= 11 is 1.53. The second-order valence-electron chi connectivity index (χ2n) is 5.87. The Morgan fingerprint density at radius 1 is 1.46 bits per heavy atom. The minimum absolute atomic E-state index is 0.0287. The SMILES string of the molecule is COc1ccc2nc(C)cc(SCC(=O)NCC3CCCO3)c2c1. The molecule has 1 aliphatic rings. The van der Waals surface area contributed by atoms with Crippen LogP contribution in [-0.2, 0) is 9.53 Å². The number of carbonyl (C=O) groups is 1. The first-order valence-electron chi connectivity index (χ1n) is 8.12. The molecule has 1 unspecified atom stereocenters. The van der Waals surface area contributed by atoms with Crippen molar-refractivity contribution in [3.8, 4) is 5.75 Å². The highest BCUT2D eigenvalue weighted by Crippen LogP contribution is 2.30. The number of benzene rings is 1. The van der Waals surface area contributed by atoms with Crippen LogP contribution in [0.1, 0.15) is 18.5 Å². The predicted molar refractivity (Wildman–Crippen MR) is 95.7 cm³/mol. The van der Waals surface area contributed by atoms with Crippen LogP contribution in [0.25, 0.3) is 10.9 Å². The molecule has 5 nitrogen and oxygen atoms in total. The number of carbonyl (C=O) groups excluding carboxylic acids is 1. The number of hydrogen-bond acceptors (Lipinski definition) is 5. The Labute approximate surface area is 146 Å². The molecule has 0 spiro atoms. The standard InChI is InChI=1S/C18H22N2O3S/c1-12-8-17(15-9-13(22-2)5-6-16(15)20-12)24-11-18(21)19-10-14-4-3-7-23-14/h5-6,8-9,14H,3-4,7,10-11H2,1-2H3,(H,19,21). The Morgan fingerprint density at radius 2 is 2.33 bits per heavy atom. The van der Waals surface area contributed by atoms with Crippen LogP contribution in [0, 0.1) is 6.92 Å². The second-order valence-corrected chi connectivity index (χ2v) is 6.89. The van der Waals surface area contributed by atoms with Gasteiger partial charge in [0, 0.05) is 29.1 Å². The molecule has 1 atom stereocenters. The highest BCUT2D eigenvalue weighted by Gasteiger charge is 2.16. The van der Waals surface area contributed by atoms with Gasteiger partial charge in [-0.2, -0.15) is 0 Å². The van der Waals surface area contributed by atoms with E-state index in [2.05, 4.69) is 10.3 Å². The van der Waals surface area contributed by atoms with Gasteiger partial charge < -0.3 is 14.8 Å². The van der Waals surface area contributed by atoms with E-state index in [1.807, 2.05) is 31.2 Å². The zero-order chi connectivity index (χ0) is 16.9. The third-order valence-corrected chi connectivity index (χ3v) is 5.07. The molecule has 24 heavy (non-hydrogen) atoms. The molecule has 1 fully saturated rings. The molecule has 3 rings (SSSR count). The molecule has 2 heterocycles. The lowest BCUT2D eigenvalue weighted by Gasteiger charge is -2.12. The van der Waals surface area contributed by atoms with E-state index in [0.717, 1.165) is 46.7 Å². The predicted octanol–water partition coefficient (Wildman–Crippen LogP) is 2.94. The number of nitrogens with zero attached hydrogens (tertiary/aromatic N) is 1. The molecule has 2 aromatic rings. The van der Waals surface area contributed by atoms with Gasteiger partial charge in [0.25, 0.3) is 0 Å². The molecule has 1 saturated heterocycles. The van der Waals surface area contributed by atoms with Gasteiger partial charge in [-0.1, -0.05) is 0 Å². The third-order valence-electron chi connectivity index (χ3n) is 4.02. The van der Waals surface area contributed by atoms with E-state index >= 15 is 0 Å². The van der Waals surface area contributed by atoms with Crippen LogP contribution in [0.15, 0.2) is 29.2 Å². The van der Waals surface area contributed by atoms with E-state index in [1.54, 1.807) is 7.11 Å². The van der Waals surface area contributed by atoms with Gasteiger partial charge in [-0.25, -0.2) is 0 Å². The van der Waals surface area contributed by atoms with Crippen LogP contribution in [-0.4, -0.2) is 43.0 Å². The maximum Gasteiger partial charge on any atom is 0.230 e. The van der Waals surface area contributed by atoms with Crippen molar-refractivity contribution >= 4 is 28.6 Å².